The maximum atomic E-state index is 11.0. The third-order valence-corrected chi connectivity index (χ3v) is 2.10. The highest BCUT2D eigenvalue weighted by Crippen LogP contribution is 2.20. The number of carbonyl (C=O) groups excluding carboxylic acids is 1. The molecule has 0 bridgehead atoms. The quantitative estimate of drug-likeness (QED) is 0.712. The molecule has 0 aromatic heterocycles. The molecular formula is C7H12NO5P. The Kier molecular flexibility index (Phi) is 5.27. The second kappa shape index (κ2) is 5.67. The Morgan fingerprint density at radius 3 is 2.29 bits per heavy atom. The molecule has 0 heterocycles. The van der Waals surface area contributed by atoms with Gasteiger partial charge in [0.05, 0.1) is 0 Å². The first-order valence-corrected chi connectivity index (χ1v) is 5.17. The van der Waals surface area contributed by atoms with E-state index in [4.69, 9.17) is 5.11 Å². The molecule has 0 aromatic carbocycles. The molecule has 0 spiro atoms. The molecule has 6 nitrogen and oxygen atoms in total. The van der Waals surface area contributed by atoms with Crippen LogP contribution in [0.1, 0.15) is 20.8 Å². The number of nitrogens with zero attached hydrogens (tertiary/aromatic N) is 1. The Balaban J connectivity index is 4.37. The lowest BCUT2D eigenvalue weighted by Crippen LogP contribution is -2.15. The maximum absolute atomic E-state index is 11.0. The third-order valence-electron chi connectivity index (χ3n) is 1.13. The zero-order chi connectivity index (χ0) is 11.3. The van der Waals surface area contributed by atoms with Gasteiger partial charge >= 0.3 is 11.7 Å². The number of carboxylic acid groups (broad SMARTS) is 1. The summed E-state index contributed by atoms with van der Waals surface area (Å²) >= 11 is 0. The van der Waals surface area contributed by atoms with Crippen molar-refractivity contribution in [3.63, 3.8) is 0 Å². The van der Waals surface area contributed by atoms with E-state index in [0.29, 0.717) is 0 Å². The van der Waals surface area contributed by atoms with E-state index in [2.05, 4.69) is 9.48 Å². The van der Waals surface area contributed by atoms with E-state index in [0.717, 1.165) is 0 Å². The van der Waals surface area contributed by atoms with E-state index in [1.165, 1.54) is 6.92 Å². The number of carboxylic acids is 1. The fraction of sp³-hybridized carbons (Fsp3) is 0.714. The van der Waals surface area contributed by atoms with Crippen molar-refractivity contribution < 1.29 is 24.3 Å². The lowest BCUT2D eigenvalue weighted by molar-refractivity contribution is -0.155. The van der Waals surface area contributed by atoms with E-state index in [9.17, 15) is 14.5 Å². The van der Waals surface area contributed by atoms with E-state index in [-0.39, 0.29) is 0 Å². The number of hydrogen-bond acceptors (Lipinski definition) is 5. The van der Waals surface area contributed by atoms with E-state index >= 15 is 0 Å². The first kappa shape index (κ1) is 13.0. The minimum atomic E-state index is -2.61. The molecule has 1 N–H and O–H groups in total. The number of ether oxygens (including phenoxy) is 1. The molecule has 0 fully saturated rings. The SMILES string of the molecule is CC(C)OC(=O)[P+]([O-])=NC(C)C(=O)O. The molecule has 2 unspecified atom stereocenters. The maximum Gasteiger partial charge on any atom is 0.530 e. The van der Waals surface area contributed by atoms with Gasteiger partial charge in [-0.3, -0.25) is 0 Å². The summed E-state index contributed by atoms with van der Waals surface area (Å²) in [5.41, 5.74) is -0.983. The minimum Gasteiger partial charge on any atom is -0.602 e. The van der Waals surface area contributed by atoms with Crippen LogP contribution in [-0.4, -0.2) is 28.9 Å². The van der Waals surface area contributed by atoms with Crippen molar-refractivity contribution in [1.82, 2.24) is 0 Å². The van der Waals surface area contributed by atoms with Gasteiger partial charge in [-0.25, -0.2) is 4.79 Å². The van der Waals surface area contributed by atoms with Gasteiger partial charge in [0.15, 0.2) is 6.04 Å². The van der Waals surface area contributed by atoms with Gasteiger partial charge < -0.3 is 14.7 Å². The summed E-state index contributed by atoms with van der Waals surface area (Å²) in [6, 6.07) is -1.17. The Morgan fingerprint density at radius 1 is 1.43 bits per heavy atom. The molecule has 0 amide bonds. The molecule has 0 aromatic rings. The highest BCUT2D eigenvalue weighted by Gasteiger charge is 2.22. The molecule has 0 saturated heterocycles. The van der Waals surface area contributed by atoms with E-state index in [1.54, 1.807) is 13.8 Å². The second-order valence-electron chi connectivity index (χ2n) is 2.84. The predicted molar refractivity (Wildman–Crippen MR) is 48.1 cm³/mol. The van der Waals surface area contributed by atoms with Gasteiger partial charge in [0.1, 0.15) is 6.10 Å². The molecule has 0 aliphatic heterocycles. The zero-order valence-corrected chi connectivity index (χ0v) is 9.02. The van der Waals surface area contributed by atoms with Crippen molar-refractivity contribution in [2.24, 2.45) is 4.74 Å². The first-order valence-electron chi connectivity index (χ1n) is 3.96. The molecule has 0 rings (SSSR count). The summed E-state index contributed by atoms with van der Waals surface area (Å²) in [5, 5.41) is 8.42. The topological polar surface area (TPSA) is 99.0 Å². The van der Waals surface area contributed by atoms with E-state index in [1.807, 2.05) is 0 Å². The number of carbonyl (C=O) groups is 2. The summed E-state index contributed by atoms with van der Waals surface area (Å²) in [4.78, 5) is 32.3. The summed E-state index contributed by atoms with van der Waals surface area (Å²) in [5.74, 6) is -1.23. The van der Waals surface area contributed by atoms with Crippen LogP contribution in [0.25, 0.3) is 0 Å². The smallest absolute Gasteiger partial charge is 0.530 e. The van der Waals surface area contributed by atoms with Crippen molar-refractivity contribution in [3.8, 4) is 0 Å². The average molecular weight is 221 g/mol. The van der Waals surface area contributed by atoms with Gasteiger partial charge in [-0.2, -0.15) is 4.79 Å². The fourth-order valence-corrected chi connectivity index (χ4v) is 1.31. The lowest BCUT2D eigenvalue weighted by atomic mass is 10.4. The summed E-state index contributed by atoms with van der Waals surface area (Å²) < 4.78 is 7.85. The third kappa shape index (κ3) is 4.89. The molecule has 14 heavy (non-hydrogen) atoms. The van der Waals surface area contributed by atoms with Crippen LogP contribution in [0.2, 0.25) is 0 Å². The second-order valence-corrected chi connectivity index (χ2v) is 3.98. The summed E-state index contributed by atoms with van der Waals surface area (Å²) in [6.07, 6.45) is -0.392. The van der Waals surface area contributed by atoms with Crippen LogP contribution in [-0.2, 0) is 9.53 Å². The Labute approximate surface area is 82.4 Å². The lowest BCUT2D eigenvalue weighted by Gasteiger charge is -2.03. The largest absolute Gasteiger partial charge is 0.602 e. The molecular weight excluding hydrogens is 209 g/mol. The van der Waals surface area contributed by atoms with Crippen LogP contribution in [0, 0.1) is 0 Å². The highest BCUT2D eigenvalue weighted by molar-refractivity contribution is 7.58. The zero-order valence-electron chi connectivity index (χ0n) is 8.13. The van der Waals surface area contributed by atoms with E-state index < -0.39 is 31.8 Å². The van der Waals surface area contributed by atoms with Crippen LogP contribution in [0.4, 0.5) is 4.79 Å². The van der Waals surface area contributed by atoms with Crippen molar-refractivity contribution in [2.75, 3.05) is 0 Å². The molecule has 7 heteroatoms. The highest BCUT2D eigenvalue weighted by atomic mass is 31.1. The minimum absolute atomic E-state index is 0.392. The number of hydrogen-bond donors (Lipinski definition) is 1. The molecule has 0 aliphatic carbocycles. The van der Waals surface area contributed by atoms with Crippen molar-refractivity contribution >= 4 is 19.6 Å². The van der Waals surface area contributed by atoms with Crippen molar-refractivity contribution in [2.45, 2.75) is 32.9 Å². The normalized spacial score (nSPS) is 13.9. The van der Waals surface area contributed by atoms with Gasteiger partial charge in [-0.15, -0.1) is 0 Å². The first-order chi connectivity index (χ1) is 6.34. The van der Waals surface area contributed by atoms with Gasteiger partial charge in [0, 0.05) is 0 Å². The fourth-order valence-electron chi connectivity index (χ4n) is 0.501. The Bertz CT molecular complexity index is 263. The van der Waals surface area contributed by atoms with Gasteiger partial charge in [-0.05, 0) is 20.8 Å². The van der Waals surface area contributed by atoms with Crippen LogP contribution in [0.15, 0.2) is 4.74 Å². The van der Waals surface area contributed by atoms with Crippen LogP contribution < -0.4 is 4.89 Å². The number of rotatable bonds is 4. The predicted octanol–water partition coefficient (Wildman–Crippen LogP) is 0.945. The van der Waals surface area contributed by atoms with Crippen molar-refractivity contribution in [3.05, 3.63) is 0 Å². The van der Waals surface area contributed by atoms with Crippen LogP contribution in [0.3, 0.4) is 0 Å². The van der Waals surface area contributed by atoms with Crippen LogP contribution in [0.5, 0.6) is 0 Å². The van der Waals surface area contributed by atoms with Crippen molar-refractivity contribution in [1.29, 1.82) is 0 Å². The summed E-state index contributed by atoms with van der Waals surface area (Å²) in [6.45, 7) is 4.43. The molecule has 0 saturated carbocycles. The average Bonchev–Trinajstić information content (AvgIpc) is 2.02. The molecule has 0 aliphatic rings. The Morgan fingerprint density at radius 2 is 1.93 bits per heavy atom. The Hall–Kier alpha value is -1.00. The van der Waals surface area contributed by atoms with Crippen LogP contribution >= 0.6 is 7.94 Å². The molecule has 0 radical (unpaired) electrons. The molecule has 2 atom stereocenters. The van der Waals surface area contributed by atoms with Gasteiger partial charge in [0.2, 0.25) is 0 Å². The van der Waals surface area contributed by atoms with Gasteiger partial charge in [0.25, 0.3) is 7.94 Å². The standard InChI is InChI=1S/C7H12NO5P/c1-4(2)13-7(11)14(12)8-5(3)6(9)10/h4-5H,1-3H3,(H,9,10). The van der Waals surface area contributed by atoms with Gasteiger partial charge in [-0.1, -0.05) is 4.74 Å². The molecule has 80 valence electrons. The monoisotopic (exact) mass is 221 g/mol. The number of aliphatic carboxylic acids is 1. The summed E-state index contributed by atoms with van der Waals surface area (Å²) in [7, 11) is -2.61.